The number of benzene rings is 2. The first-order chi connectivity index (χ1) is 9.72. The van der Waals surface area contributed by atoms with Crippen molar-refractivity contribution < 1.29 is 9.21 Å². The second kappa shape index (κ2) is 3.93. The van der Waals surface area contributed by atoms with Gasteiger partial charge in [0.05, 0.1) is 5.52 Å². The highest BCUT2D eigenvalue weighted by Gasteiger charge is 2.31. The minimum atomic E-state index is -0.493. The van der Waals surface area contributed by atoms with Crippen LogP contribution in [0.3, 0.4) is 0 Å². The average molecular weight is 265 g/mol. The fraction of sp³-hybridized carbons (Fsp3) is 0.125. The normalized spacial score (nSPS) is 17.6. The molecule has 0 bridgehead atoms. The minimum Gasteiger partial charge on any atom is -0.408 e. The Bertz CT molecular complexity index is 874. The summed E-state index contributed by atoms with van der Waals surface area (Å²) >= 11 is 0. The van der Waals surface area contributed by atoms with Crippen LogP contribution in [-0.2, 0) is 0 Å². The molecule has 2 aromatic carbocycles. The zero-order valence-corrected chi connectivity index (χ0v) is 10.6. The van der Waals surface area contributed by atoms with Crippen LogP contribution >= 0.6 is 0 Å². The van der Waals surface area contributed by atoms with E-state index in [0.29, 0.717) is 23.1 Å². The van der Waals surface area contributed by atoms with Crippen LogP contribution in [0.4, 0.5) is 0 Å². The van der Waals surface area contributed by atoms with E-state index in [4.69, 9.17) is 4.42 Å². The first-order valence-corrected chi connectivity index (χ1v) is 6.47. The van der Waals surface area contributed by atoms with Gasteiger partial charge in [0.15, 0.2) is 11.4 Å². The molecular weight excluding hydrogens is 254 g/mol. The number of hydrogen-bond donors (Lipinski definition) is 1. The van der Waals surface area contributed by atoms with Crippen molar-refractivity contribution >= 4 is 16.9 Å². The lowest BCUT2D eigenvalue weighted by Gasteiger charge is -2.10. The molecule has 1 aromatic heterocycles. The van der Waals surface area contributed by atoms with E-state index in [-0.39, 0.29) is 11.7 Å². The van der Waals surface area contributed by atoms with Crippen molar-refractivity contribution in [3.63, 3.8) is 0 Å². The molecule has 1 aliphatic rings. The molecule has 1 aliphatic carbocycles. The highest BCUT2D eigenvalue weighted by molar-refractivity contribution is 6.04. The molecule has 1 unspecified atom stereocenters. The maximum absolute atomic E-state index is 12.2. The van der Waals surface area contributed by atoms with E-state index in [2.05, 4.69) is 4.98 Å². The molecule has 20 heavy (non-hydrogen) atoms. The Morgan fingerprint density at radius 2 is 1.90 bits per heavy atom. The third-order valence-corrected chi connectivity index (χ3v) is 3.86. The summed E-state index contributed by atoms with van der Waals surface area (Å²) in [4.78, 5) is 26.1. The van der Waals surface area contributed by atoms with Crippen LogP contribution in [0.1, 0.15) is 33.8 Å². The molecule has 98 valence electrons. The highest BCUT2D eigenvalue weighted by Crippen LogP contribution is 2.39. The molecule has 0 aliphatic heterocycles. The van der Waals surface area contributed by atoms with Gasteiger partial charge in [0.2, 0.25) is 0 Å². The fourth-order valence-electron chi connectivity index (χ4n) is 2.93. The summed E-state index contributed by atoms with van der Waals surface area (Å²) < 4.78 is 5.02. The van der Waals surface area contributed by atoms with Crippen LogP contribution in [0.15, 0.2) is 51.7 Å². The van der Waals surface area contributed by atoms with Crippen LogP contribution in [0.25, 0.3) is 11.1 Å². The number of H-pyrrole nitrogens is 1. The molecule has 0 spiro atoms. The van der Waals surface area contributed by atoms with Gasteiger partial charge in [-0.3, -0.25) is 9.78 Å². The standard InChI is InChI=1S/C16H11NO3/c18-14-7-10(9-4-2-1-3-5-9)11-6-13-15(8-12(11)14)20-16(19)17-13/h1-6,8,10H,7H2,(H,17,19). The number of aromatic amines is 1. The van der Waals surface area contributed by atoms with Crippen LogP contribution in [-0.4, -0.2) is 10.8 Å². The SMILES string of the molecule is O=C1CC(c2ccccc2)c2cc3[nH]c(=O)oc3cc21. The van der Waals surface area contributed by atoms with Gasteiger partial charge in [0.25, 0.3) is 0 Å². The van der Waals surface area contributed by atoms with E-state index < -0.39 is 5.76 Å². The Balaban J connectivity index is 1.95. The molecule has 1 N–H and O–H groups in total. The zero-order chi connectivity index (χ0) is 13.7. The van der Waals surface area contributed by atoms with E-state index >= 15 is 0 Å². The van der Waals surface area contributed by atoms with Crippen molar-refractivity contribution in [2.45, 2.75) is 12.3 Å². The van der Waals surface area contributed by atoms with Crippen molar-refractivity contribution in [2.75, 3.05) is 0 Å². The maximum atomic E-state index is 12.2. The monoisotopic (exact) mass is 265 g/mol. The van der Waals surface area contributed by atoms with Crippen molar-refractivity contribution in [3.8, 4) is 0 Å². The quantitative estimate of drug-likeness (QED) is 0.735. The highest BCUT2D eigenvalue weighted by atomic mass is 16.4. The molecular formula is C16H11NO3. The molecule has 0 saturated heterocycles. The van der Waals surface area contributed by atoms with Crippen molar-refractivity contribution in [3.05, 3.63) is 69.7 Å². The summed E-state index contributed by atoms with van der Waals surface area (Å²) in [6.45, 7) is 0. The summed E-state index contributed by atoms with van der Waals surface area (Å²) in [6.07, 6.45) is 0.468. The predicted octanol–water partition coefficient (Wildman–Crippen LogP) is 2.84. The summed E-state index contributed by atoms with van der Waals surface area (Å²) in [7, 11) is 0. The van der Waals surface area contributed by atoms with Crippen molar-refractivity contribution in [2.24, 2.45) is 0 Å². The number of hydrogen-bond acceptors (Lipinski definition) is 3. The first-order valence-electron chi connectivity index (χ1n) is 6.47. The van der Waals surface area contributed by atoms with Gasteiger partial charge in [-0.2, -0.15) is 0 Å². The predicted molar refractivity (Wildman–Crippen MR) is 74.1 cm³/mol. The number of carbonyl (C=O) groups excluding carboxylic acids is 1. The largest absolute Gasteiger partial charge is 0.417 e. The third kappa shape index (κ3) is 1.54. The van der Waals surface area contributed by atoms with Gasteiger partial charge < -0.3 is 4.42 Å². The second-order valence-corrected chi connectivity index (χ2v) is 5.04. The van der Waals surface area contributed by atoms with Gasteiger partial charge in [-0.05, 0) is 23.3 Å². The van der Waals surface area contributed by atoms with Gasteiger partial charge in [-0.15, -0.1) is 0 Å². The lowest BCUT2D eigenvalue weighted by Crippen LogP contribution is -1.96. The smallest absolute Gasteiger partial charge is 0.408 e. The van der Waals surface area contributed by atoms with Gasteiger partial charge in [-0.25, -0.2) is 4.79 Å². The Labute approximate surface area is 114 Å². The molecule has 0 radical (unpaired) electrons. The van der Waals surface area contributed by atoms with Gasteiger partial charge in [0, 0.05) is 17.9 Å². The van der Waals surface area contributed by atoms with Gasteiger partial charge >= 0.3 is 5.76 Å². The van der Waals surface area contributed by atoms with Crippen LogP contribution < -0.4 is 5.76 Å². The summed E-state index contributed by atoms with van der Waals surface area (Å²) in [6, 6.07) is 13.5. The number of oxazole rings is 1. The number of aromatic nitrogens is 1. The van der Waals surface area contributed by atoms with Crippen molar-refractivity contribution in [1.29, 1.82) is 0 Å². The number of carbonyl (C=O) groups is 1. The summed E-state index contributed by atoms with van der Waals surface area (Å²) in [5, 5.41) is 0. The lowest BCUT2D eigenvalue weighted by atomic mass is 9.93. The van der Waals surface area contributed by atoms with Gasteiger partial charge in [-0.1, -0.05) is 30.3 Å². The lowest BCUT2D eigenvalue weighted by molar-refractivity contribution is 0.0991. The third-order valence-electron chi connectivity index (χ3n) is 3.86. The molecule has 0 saturated carbocycles. The summed E-state index contributed by atoms with van der Waals surface area (Å²) in [5.41, 5.74) is 3.82. The number of ketones is 1. The number of fused-ring (bicyclic) bond motifs is 2. The van der Waals surface area contributed by atoms with Crippen molar-refractivity contribution in [1.82, 2.24) is 4.98 Å². The van der Waals surface area contributed by atoms with E-state index in [9.17, 15) is 9.59 Å². The average Bonchev–Trinajstić information content (AvgIpc) is 2.97. The van der Waals surface area contributed by atoms with E-state index in [1.54, 1.807) is 6.07 Å². The number of nitrogens with one attached hydrogen (secondary N) is 1. The summed E-state index contributed by atoms with van der Waals surface area (Å²) in [5.74, 6) is -0.339. The maximum Gasteiger partial charge on any atom is 0.417 e. The van der Waals surface area contributed by atoms with E-state index in [0.717, 1.165) is 11.1 Å². The first kappa shape index (κ1) is 11.2. The number of Topliss-reactive ketones (excluding diaryl/α,β-unsaturated/α-hetero) is 1. The Morgan fingerprint density at radius 1 is 1.10 bits per heavy atom. The Hall–Kier alpha value is -2.62. The van der Waals surface area contributed by atoms with Crippen LogP contribution in [0.5, 0.6) is 0 Å². The molecule has 0 amide bonds. The molecule has 1 atom stereocenters. The molecule has 4 rings (SSSR count). The molecule has 0 fully saturated rings. The molecule has 4 heteroatoms. The fourth-order valence-corrected chi connectivity index (χ4v) is 2.93. The Kier molecular flexibility index (Phi) is 2.21. The minimum absolute atomic E-state index is 0.0569. The topological polar surface area (TPSA) is 63.1 Å². The number of rotatable bonds is 1. The Morgan fingerprint density at radius 3 is 2.70 bits per heavy atom. The molecule has 1 heterocycles. The zero-order valence-electron chi connectivity index (χ0n) is 10.6. The van der Waals surface area contributed by atoms with E-state index in [1.165, 1.54) is 0 Å². The van der Waals surface area contributed by atoms with Crippen LogP contribution in [0, 0.1) is 0 Å². The second-order valence-electron chi connectivity index (χ2n) is 5.04. The van der Waals surface area contributed by atoms with E-state index in [1.807, 2.05) is 36.4 Å². The molecule has 4 nitrogen and oxygen atoms in total. The van der Waals surface area contributed by atoms with Gasteiger partial charge in [0.1, 0.15) is 0 Å². The molecule has 3 aromatic rings. The van der Waals surface area contributed by atoms with Crippen LogP contribution in [0.2, 0.25) is 0 Å².